The third kappa shape index (κ3) is 3.52. The SMILES string of the molecule is C=CCn1c(C)cc(C(=O)CN2C(=O)C(=O)N(c3ccccc3OCC)C2=O)c1C. The molecule has 0 unspecified atom stereocenters. The Morgan fingerprint density at radius 1 is 1.13 bits per heavy atom. The van der Waals surface area contributed by atoms with Crippen LogP contribution in [-0.4, -0.2) is 46.2 Å². The highest BCUT2D eigenvalue weighted by molar-refractivity contribution is 6.53. The summed E-state index contributed by atoms with van der Waals surface area (Å²) in [6.45, 7) is 9.45. The summed E-state index contributed by atoms with van der Waals surface area (Å²) >= 11 is 0. The molecular weight excluding hydrogens is 386 g/mol. The Balaban J connectivity index is 1.88. The first-order chi connectivity index (χ1) is 14.3. The van der Waals surface area contributed by atoms with E-state index in [4.69, 9.17) is 4.74 Å². The average molecular weight is 409 g/mol. The van der Waals surface area contributed by atoms with Crippen molar-refractivity contribution in [2.45, 2.75) is 27.3 Å². The molecule has 1 aliphatic heterocycles. The molecule has 0 atom stereocenters. The molecule has 0 bridgehead atoms. The van der Waals surface area contributed by atoms with Crippen molar-refractivity contribution in [1.82, 2.24) is 9.47 Å². The third-order valence-electron chi connectivity index (χ3n) is 4.95. The zero-order chi connectivity index (χ0) is 22.0. The number of ether oxygens (including phenoxy) is 1. The number of carbonyl (C=O) groups is 4. The predicted molar refractivity (Wildman–Crippen MR) is 111 cm³/mol. The number of hydrogen-bond acceptors (Lipinski definition) is 5. The maximum atomic E-state index is 12.9. The van der Waals surface area contributed by atoms with Crippen LogP contribution in [0.1, 0.15) is 28.7 Å². The number of aromatic nitrogens is 1. The van der Waals surface area contributed by atoms with Gasteiger partial charge < -0.3 is 9.30 Å². The quantitative estimate of drug-likeness (QED) is 0.289. The van der Waals surface area contributed by atoms with E-state index in [0.29, 0.717) is 35.1 Å². The molecule has 156 valence electrons. The summed E-state index contributed by atoms with van der Waals surface area (Å²) in [5.74, 6) is -2.18. The highest BCUT2D eigenvalue weighted by Gasteiger charge is 2.47. The van der Waals surface area contributed by atoms with E-state index in [1.165, 1.54) is 6.07 Å². The maximum Gasteiger partial charge on any atom is 0.339 e. The maximum absolute atomic E-state index is 12.9. The lowest BCUT2D eigenvalue weighted by Gasteiger charge is -2.18. The number of aryl methyl sites for hydroxylation is 1. The van der Waals surface area contributed by atoms with Crippen LogP contribution in [0.15, 0.2) is 43.0 Å². The molecule has 1 aromatic carbocycles. The first kappa shape index (κ1) is 21.0. The number of hydrogen-bond donors (Lipinski definition) is 0. The summed E-state index contributed by atoms with van der Waals surface area (Å²) in [7, 11) is 0. The fraction of sp³-hybridized carbons (Fsp3) is 0.273. The number of Topliss-reactive ketones (excluding diaryl/α,β-unsaturated/α-hetero) is 1. The molecule has 3 rings (SSSR count). The second kappa shape index (κ2) is 8.36. The molecule has 0 spiro atoms. The minimum Gasteiger partial charge on any atom is -0.492 e. The van der Waals surface area contributed by atoms with Crippen molar-refractivity contribution in [3.05, 3.63) is 59.9 Å². The summed E-state index contributed by atoms with van der Waals surface area (Å²) in [6, 6.07) is 7.28. The van der Waals surface area contributed by atoms with Crippen molar-refractivity contribution >= 4 is 29.3 Å². The van der Waals surface area contributed by atoms with Crippen LogP contribution in [0.25, 0.3) is 0 Å². The Bertz CT molecular complexity index is 1050. The van der Waals surface area contributed by atoms with Crippen molar-refractivity contribution in [3.8, 4) is 5.75 Å². The number of amides is 4. The topological polar surface area (TPSA) is 88.9 Å². The van der Waals surface area contributed by atoms with Crippen molar-refractivity contribution in [2.75, 3.05) is 18.1 Å². The second-order valence-electron chi connectivity index (χ2n) is 6.82. The number of urea groups is 1. The summed E-state index contributed by atoms with van der Waals surface area (Å²) in [5.41, 5.74) is 2.14. The summed E-state index contributed by atoms with van der Waals surface area (Å²) in [4.78, 5) is 52.2. The molecule has 1 fully saturated rings. The van der Waals surface area contributed by atoms with Crippen molar-refractivity contribution in [1.29, 1.82) is 0 Å². The lowest BCUT2D eigenvalue weighted by Crippen LogP contribution is -2.37. The molecular formula is C22H23N3O5. The number of benzene rings is 1. The lowest BCUT2D eigenvalue weighted by molar-refractivity contribution is -0.139. The van der Waals surface area contributed by atoms with Gasteiger partial charge in [0.25, 0.3) is 0 Å². The van der Waals surface area contributed by atoms with Gasteiger partial charge in [-0.15, -0.1) is 6.58 Å². The van der Waals surface area contributed by atoms with E-state index in [-0.39, 0.29) is 5.69 Å². The van der Waals surface area contributed by atoms with Gasteiger partial charge in [-0.05, 0) is 39.0 Å². The second-order valence-corrected chi connectivity index (χ2v) is 6.82. The number of carbonyl (C=O) groups excluding carboxylic acids is 4. The van der Waals surface area contributed by atoms with Gasteiger partial charge in [0.15, 0.2) is 5.78 Å². The van der Waals surface area contributed by atoms with Gasteiger partial charge in [0.1, 0.15) is 5.75 Å². The number of anilines is 1. The Morgan fingerprint density at radius 2 is 1.83 bits per heavy atom. The van der Waals surface area contributed by atoms with Gasteiger partial charge in [-0.1, -0.05) is 18.2 Å². The first-order valence-corrected chi connectivity index (χ1v) is 9.54. The molecule has 8 nitrogen and oxygen atoms in total. The van der Waals surface area contributed by atoms with Crippen molar-refractivity contribution < 1.29 is 23.9 Å². The zero-order valence-electron chi connectivity index (χ0n) is 17.2. The molecule has 1 aliphatic rings. The Labute approximate surface area is 174 Å². The number of para-hydroxylation sites is 2. The Kier molecular flexibility index (Phi) is 5.86. The highest BCUT2D eigenvalue weighted by atomic mass is 16.5. The molecule has 8 heteroatoms. The molecule has 2 heterocycles. The van der Waals surface area contributed by atoms with Crippen molar-refractivity contribution in [2.24, 2.45) is 0 Å². The van der Waals surface area contributed by atoms with Gasteiger partial charge in [0, 0.05) is 23.5 Å². The van der Waals surface area contributed by atoms with Gasteiger partial charge in [-0.25, -0.2) is 14.6 Å². The number of imide groups is 2. The van der Waals surface area contributed by atoms with E-state index in [1.807, 2.05) is 11.5 Å². The fourth-order valence-corrected chi connectivity index (χ4v) is 3.50. The predicted octanol–water partition coefficient (Wildman–Crippen LogP) is 2.87. The number of nitrogens with zero attached hydrogens (tertiary/aromatic N) is 3. The molecule has 30 heavy (non-hydrogen) atoms. The minimum absolute atomic E-state index is 0.168. The zero-order valence-corrected chi connectivity index (χ0v) is 17.2. The van der Waals surface area contributed by atoms with Gasteiger partial charge in [0.05, 0.1) is 18.8 Å². The molecule has 0 saturated carbocycles. The fourth-order valence-electron chi connectivity index (χ4n) is 3.50. The van der Waals surface area contributed by atoms with Crippen LogP contribution in [-0.2, 0) is 16.1 Å². The molecule has 2 aromatic rings. The third-order valence-corrected chi connectivity index (χ3v) is 4.95. The first-order valence-electron chi connectivity index (χ1n) is 9.54. The van der Waals surface area contributed by atoms with Crippen LogP contribution in [0, 0.1) is 13.8 Å². The average Bonchev–Trinajstić information content (AvgIpc) is 3.11. The van der Waals surface area contributed by atoms with E-state index < -0.39 is 30.2 Å². The van der Waals surface area contributed by atoms with E-state index in [1.54, 1.807) is 44.2 Å². The highest BCUT2D eigenvalue weighted by Crippen LogP contribution is 2.32. The molecule has 1 aromatic heterocycles. The number of ketones is 1. The molecule has 0 aliphatic carbocycles. The van der Waals surface area contributed by atoms with Crippen LogP contribution in [0.5, 0.6) is 5.75 Å². The van der Waals surface area contributed by atoms with Gasteiger partial charge >= 0.3 is 17.8 Å². The van der Waals surface area contributed by atoms with E-state index in [2.05, 4.69) is 6.58 Å². The lowest BCUT2D eigenvalue weighted by atomic mass is 10.1. The van der Waals surface area contributed by atoms with E-state index >= 15 is 0 Å². The minimum atomic E-state index is -1.04. The summed E-state index contributed by atoms with van der Waals surface area (Å²) in [5, 5.41) is 0. The van der Waals surface area contributed by atoms with Gasteiger partial charge in [0.2, 0.25) is 0 Å². The number of rotatable bonds is 8. The Morgan fingerprint density at radius 3 is 2.50 bits per heavy atom. The molecule has 1 saturated heterocycles. The molecule has 4 amide bonds. The largest absolute Gasteiger partial charge is 0.492 e. The van der Waals surface area contributed by atoms with Crippen LogP contribution < -0.4 is 9.64 Å². The monoisotopic (exact) mass is 409 g/mol. The van der Waals surface area contributed by atoms with Gasteiger partial charge in [-0.2, -0.15) is 0 Å². The van der Waals surface area contributed by atoms with Crippen molar-refractivity contribution in [3.63, 3.8) is 0 Å². The summed E-state index contributed by atoms with van der Waals surface area (Å²) in [6.07, 6.45) is 1.72. The smallest absolute Gasteiger partial charge is 0.339 e. The van der Waals surface area contributed by atoms with Crippen LogP contribution in [0.3, 0.4) is 0 Å². The van der Waals surface area contributed by atoms with Crippen LogP contribution in [0.4, 0.5) is 10.5 Å². The Hall–Kier alpha value is -3.68. The summed E-state index contributed by atoms with van der Waals surface area (Å²) < 4.78 is 7.37. The standard InChI is InChI=1S/C22H23N3O5/c1-5-11-23-14(3)12-16(15(23)4)18(26)13-24-20(27)21(28)25(22(24)29)17-9-7-8-10-19(17)30-6-2/h5,7-10,12H,1,6,11,13H2,2-4H3. The van der Waals surface area contributed by atoms with Gasteiger partial charge in [-0.3, -0.25) is 14.4 Å². The van der Waals surface area contributed by atoms with Crippen LogP contribution in [0.2, 0.25) is 0 Å². The van der Waals surface area contributed by atoms with E-state index in [0.717, 1.165) is 10.6 Å². The molecule has 0 N–H and O–H groups in total. The molecule has 0 radical (unpaired) electrons. The normalized spacial score (nSPS) is 13.9. The number of allylic oxidation sites excluding steroid dienone is 1. The van der Waals surface area contributed by atoms with E-state index in [9.17, 15) is 19.2 Å². The van der Waals surface area contributed by atoms with Crippen LogP contribution >= 0.6 is 0 Å².